The minimum absolute atomic E-state index is 0.00250. The molecule has 12 nitrogen and oxygen atoms in total. The number of hydrogen-bond acceptors (Lipinski definition) is 10. The third kappa shape index (κ3) is 10.1. The number of nitrogens with one attached hydrogen (secondary N) is 1. The van der Waals surface area contributed by atoms with Crippen LogP contribution in [0.3, 0.4) is 0 Å². The molecule has 306 valence electrons. The minimum atomic E-state index is -3.12. The van der Waals surface area contributed by atoms with Crippen LogP contribution < -0.4 is 24.3 Å². The summed E-state index contributed by atoms with van der Waals surface area (Å²) in [5.74, 6) is -1.32. The Kier molecular flexibility index (Phi) is 12.8. The van der Waals surface area contributed by atoms with Gasteiger partial charge in [0.2, 0.25) is 0 Å². The number of amides is 1. The van der Waals surface area contributed by atoms with Crippen molar-refractivity contribution in [3.05, 3.63) is 122 Å². The van der Waals surface area contributed by atoms with E-state index in [1.165, 1.54) is 49.6 Å². The number of carbonyl (C=O) groups excluding carboxylic acids is 3. The number of pyridine rings is 1. The van der Waals surface area contributed by atoms with Crippen molar-refractivity contribution in [2.45, 2.75) is 57.0 Å². The molecule has 3 saturated heterocycles. The molecule has 1 saturated carbocycles. The molecule has 3 aliphatic heterocycles. The fourth-order valence-electron chi connectivity index (χ4n) is 7.22. The predicted octanol–water partition coefficient (Wildman–Crippen LogP) is 7.27. The zero-order valence-corrected chi connectivity index (χ0v) is 32.9. The fourth-order valence-corrected chi connectivity index (χ4v) is 7.82. The molecule has 3 aromatic carbocycles. The quantitative estimate of drug-likeness (QED) is 0.0696. The van der Waals surface area contributed by atoms with Crippen LogP contribution in [0.1, 0.15) is 75.2 Å². The molecule has 3 atom stereocenters. The van der Waals surface area contributed by atoms with Crippen molar-refractivity contribution in [3.63, 3.8) is 0 Å². The van der Waals surface area contributed by atoms with Gasteiger partial charge >= 0.3 is 18.6 Å². The molecule has 4 aromatic rings. The molecule has 1 aromatic heterocycles. The first kappa shape index (κ1) is 41.0. The lowest BCUT2D eigenvalue weighted by atomic mass is 9.86. The van der Waals surface area contributed by atoms with E-state index < -0.39 is 36.6 Å². The number of rotatable bonds is 16. The Balaban J connectivity index is 1.14. The normalized spacial score (nSPS) is 19.5. The third-order valence-electron chi connectivity index (χ3n) is 10.6. The second-order valence-corrected chi connectivity index (χ2v) is 15.4. The van der Waals surface area contributed by atoms with Gasteiger partial charge in [-0.1, -0.05) is 47.5 Å². The Bertz CT molecular complexity index is 2130. The number of methoxy groups -OCH3 is 1. The Morgan fingerprint density at radius 3 is 2.31 bits per heavy atom. The van der Waals surface area contributed by atoms with Crippen LogP contribution >= 0.6 is 23.2 Å². The lowest BCUT2D eigenvalue weighted by Crippen LogP contribution is -2.52. The number of hydrogen-bond donors (Lipinski definition) is 1. The number of nitrogens with zero attached hydrogens (tertiary/aromatic N) is 2. The molecule has 16 heteroatoms. The second-order valence-electron chi connectivity index (χ2n) is 14.6. The summed E-state index contributed by atoms with van der Waals surface area (Å²) in [4.78, 5) is 43.9. The topological polar surface area (TPSA) is 140 Å². The van der Waals surface area contributed by atoms with Crippen LogP contribution in [0.2, 0.25) is 10.0 Å². The lowest BCUT2D eigenvalue weighted by molar-refractivity contribution is -0.605. The number of alkyl halides is 2. The van der Waals surface area contributed by atoms with Crippen LogP contribution in [0.5, 0.6) is 17.2 Å². The third-order valence-corrected chi connectivity index (χ3v) is 11.2. The first-order chi connectivity index (χ1) is 27.9. The summed E-state index contributed by atoms with van der Waals surface area (Å²) in [7, 11) is 1.50. The molecule has 0 spiro atoms. The molecule has 1 aliphatic carbocycles. The van der Waals surface area contributed by atoms with Gasteiger partial charge in [0, 0.05) is 24.1 Å². The van der Waals surface area contributed by atoms with Gasteiger partial charge < -0.3 is 34.2 Å². The smallest absolute Gasteiger partial charge is 0.387 e. The number of aromatic nitrogens is 1. The summed E-state index contributed by atoms with van der Waals surface area (Å²) < 4.78 is 55.1. The number of piperidine rings is 3. The van der Waals surface area contributed by atoms with Crippen LogP contribution in [0, 0.1) is 17.0 Å². The van der Waals surface area contributed by atoms with Crippen LogP contribution in [-0.4, -0.2) is 68.8 Å². The Morgan fingerprint density at radius 1 is 0.914 bits per heavy atom. The van der Waals surface area contributed by atoms with E-state index in [2.05, 4.69) is 10.2 Å². The minimum Gasteiger partial charge on any atom is -0.619 e. The largest absolute Gasteiger partial charge is 0.619 e. The molecule has 4 aliphatic rings. The number of ether oxygens (including phenoxy) is 5. The van der Waals surface area contributed by atoms with Crippen LogP contribution in [0.15, 0.2) is 79.1 Å². The molecule has 2 bridgehead atoms. The highest BCUT2D eigenvalue weighted by Crippen LogP contribution is 2.38. The number of esters is 2. The molecule has 1 unspecified atom stereocenters. The van der Waals surface area contributed by atoms with Gasteiger partial charge in [-0.25, -0.2) is 9.59 Å². The molecular formula is C42H41Cl2F2N3O9. The van der Waals surface area contributed by atoms with E-state index in [9.17, 15) is 28.4 Å². The summed E-state index contributed by atoms with van der Waals surface area (Å²) in [6.45, 7) is -0.291. The summed E-state index contributed by atoms with van der Waals surface area (Å²) in [6.07, 6.45) is 4.35. The van der Waals surface area contributed by atoms with Crippen molar-refractivity contribution in [2.75, 3.05) is 33.4 Å². The fraction of sp³-hybridized carbons (Fsp3) is 0.381. The van der Waals surface area contributed by atoms with Crippen LogP contribution in [0.4, 0.5) is 8.78 Å². The first-order valence-electron chi connectivity index (χ1n) is 18.9. The van der Waals surface area contributed by atoms with Gasteiger partial charge in [0.1, 0.15) is 28.0 Å². The summed E-state index contributed by atoms with van der Waals surface area (Å²) in [6, 6.07) is 15.5. The monoisotopic (exact) mass is 839 g/mol. The van der Waals surface area contributed by atoms with Gasteiger partial charge in [0.25, 0.3) is 5.91 Å². The van der Waals surface area contributed by atoms with Crippen molar-refractivity contribution in [2.24, 2.45) is 11.8 Å². The Hall–Kier alpha value is -5.18. The molecule has 4 heterocycles. The first-order valence-corrected chi connectivity index (χ1v) is 19.7. The van der Waals surface area contributed by atoms with Crippen molar-refractivity contribution in [1.82, 2.24) is 10.2 Å². The zero-order chi connectivity index (χ0) is 40.9. The number of halogens is 4. The molecule has 4 fully saturated rings. The zero-order valence-electron chi connectivity index (χ0n) is 31.4. The standard InChI is InChI=1S/C42H41Cl2F2N3O9/c1-54-30-7-3-4-27(17-30)38(41(52)57-37-22-48-14-12-25(37)13-15-48)47-39(50)28-5-2-6-29(16-28)40(51)56-35(19-31-32(43)20-49(53)21-33(31)44)26-10-11-34(58-42(45)46)36(18-26)55-23-24-8-9-24/h2-7,10-11,16-18,20-21,24-25,35,37-38,42H,8-9,12-15,19,22-23H2,1H3,(H,47,50)/t35-,37-,38?/m0/s1. The van der Waals surface area contributed by atoms with Crippen molar-refractivity contribution in [3.8, 4) is 17.2 Å². The predicted molar refractivity (Wildman–Crippen MR) is 207 cm³/mol. The van der Waals surface area contributed by atoms with E-state index in [1.54, 1.807) is 24.3 Å². The van der Waals surface area contributed by atoms with E-state index >= 15 is 0 Å². The Labute approximate surface area is 343 Å². The SMILES string of the molecule is COc1cccc(C(NC(=O)c2cccc(C(=O)O[C@@H](Cc3c(Cl)c[n+]([O-])cc3Cl)c3ccc(OC(F)F)c(OCC4CC4)c3)c2)C(=O)O[C@H]2CN3CCC2CC3)c1. The number of benzene rings is 3. The summed E-state index contributed by atoms with van der Waals surface area (Å²) in [5.41, 5.74) is 1.08. The maximum Gasteiger partial charge on any atom is 0.387 e. The highest BCUT2D eigenvalue weighted by atomic mass is 35.5. The van der Waals surface area contributed by atoms with Gasteiger partial charge in [-0.2, -0.15) is 13.5 Å². The molecular weight excluding hydrogens is 799 g/mol. The van der Waals surface area contributed by atoms with Gasteiger partial charge in [-0.15, -0.1) is 0 Å². The van der Waals surface area contributed by atoms with E-state index in [0.717, 1.165) is 51.2 Å². The molecule has 1 amide bonds. The molecule has 8 rings (SSSR count). The van der Waals surface area contributed by atoms with Crippen molar-refractivity contribution >= 4 is 41.0 Å². The number of fused-ring (bicyclic) bond motifs is 3. The van der Waals surface area contributed by atoms with Gasteiger partial charge in [0.15, 0.2) is 29.9 Å². The summed E-state index contributed by atoms with van der Waals surface area (Å²) >= 11 is 12.8. The lowest BCUT2D eigenvalue weighted by Gasteiger charge is -2.44. The van der Waals surface area contributed by atoms with Gasteiger partial charge in [0.05, 0.1) is 19.3 Å². The van der Waals surface area contributed by atoms with E-state index in [0.29, 0.717) is 28.2 Å². The van der Waals surface area contributed by atoms with E-state index in [-0.39, 0.29) is 69.2 Å². The van der Waals surface area contributed by atoms with Gasteiger partial charge in [-0.3, -0.25) is 9.69 Å². The maximum absolute atomic E-state index is 13.9. The highest BCUT2D eigenvalue weighted by molar-refractivity contribution is 6.35. The van der Waals surface area contributed by atoms with Gasteiger partial charge in [-0.05, 0) is 104 Å². The average Bonchev–Trinajstić information content (AvgIpc) is 4.05. The Morgan fingerprint density at radius 2 is 1.64 bits per heavy atom. The highest BCUT2D eigenvalue weighted by Gasteiger charge is 2.38. The average molecular weight is 841 g/mol. The van der Waals surface area contributed by atoms with Crippen molar-refractivity contribution < 1.29 is 51.6 Å². The maximum atomic E-state index is 13.9. The summed E-state index contributed by atoms with van der Waals surface area (Å²) in [5, 5.41) is 14.8. The van der Waals surface area contributed by atoms with Crippen LogP contribution in [0.25, 0.3) is 0 Å². The molecule has 58 heavy (non-hydrogen) atoms. The van der Waals surface area contributed by atoms with Crippen LogP contribution in [-0.2, 0) is 20.7 Å². The number of carbonyl (C=O) groups is 3. The second kappa shape index (κ2) is 18.2. The van der Waals surface area contributed by atoms with E-state index in [1.807, 2.05) is 0 Å². The van der Waals surface area contributed by atoms with E-state index in [4.69, 9.17) is 46.9 Å². The molecule has 1 N–H and O–H groups in total. The van der Waals surface area contributed by atoms with Crippen molar-refractivity contribution in [1.29, 1.82) is 0 Å². The molecule has 0 radical (unpaired) electrons.